The summed E-state index contributed by atoms with van der Waals surface area (Å²) in [7, 11) is 0. The number of H-pyrrole nitrogens is 2. The van der Waals surface area contributed by atoms with Gasteiger partial charge in [0.2, 0.25) is 0 Å². The normalized spacial score (nSPS) is 11.5. The van der Waals surface area contributed by atoms with Gasteiger partial charge in [-0.3, -0.25) is 0 Å². The van der Waals surface area contributed by atoms with Crippen LogP contribution in [0.3, 0.4) is 0 Å². The zero-order chi connectivity index (χ0) is 23.1. The van der Waals surface area contributed by atoms with Crippen molar-refractivity contribution in [2.24, 2.45) is 0 Å². The summed E-state index contributed by atoms with van der Waals surface area (Å²) in [4.78, 5) is 31.5. The van der Waals surface area contributed by atoms with Gasteiger partial charge in [0.25, 0.3) is 0 Å². The number of aromatic amines is 2. The maximum Gasteiger partial charge on any atom is 0.338 e. The first-order chi connectivity index (χ1) is 16.0. The number of esters is 2. The van der Waals surface area contributed by atoms with E-state index in [4.69, 9.17) is 14.2 Å². The molecule has 2 N–H and O–H groups in total. The predicted octanol–water partition coefficient (Wildman–Crippen LogP) is 5.71. The second-order valence-corrected chi connectivity index (χ2v) is 7.70. The van der Waals surface area contributed by atoms with Crippen LogP contribution in [0, 0.1) is 0 Å². The summed E-state index contributed by atoms with van der Waals surface area (Å²) in [5.41, 5.74) is 4.46. The zero-order valence-electron chi connectivity index (χ0n) is 18.7. The van der Waals surface area contributed by atoms with Crippen molar-refractivity contribution in [2.75, 3.05) is 19.8 Å². The third-order valence-corrected chi connectivity index (χ3v) is 5.73. The molecule has 0 aliphatic heterocycles. The maximum absolute atomic E-state index is 12.3. The van der Waals surface area contributed by atoms with Crippen LogP contribution >= 0.6 is 0 Å². The number of carbonyl (C=O) groups excluding carboxylic acids is 2. The fourth-order valence-corrected chi connectivity index (χ4v) is 4.32. The van der Waals surface area contributed by atoms with Gasteiger partial charge in [0.1, 0.15) is 0 Å². The van der Waals surface area contributed by atoms with Gasteiger partial charge in [0, 0.05) is 32.6 Å². The first-order valence-electron chi connectivity index (χ1n) is 11.1. The van der Waals surface area contributed by atoms with E-state index in [0.717, 1.165) is 43.6 Å². The molecule has 0 saturated heterocycles. The summed E-state index contributed by atoms with van der Waals surface area (Å²) in [6.07, 6.45) is 0. The van der Waals surface area contributed by atoms with Gasteiger partial charge in [-0.2, -0.15) is 0 Å². The highest BCUT2D eigenvalue weighted by atomic mass is 16.5. The van der Waals surface area contributed by atoms with Crippen LogP contribution in [0.5, 0.6) is 5.75 Å². The predicted molar refractivity (Wildman–Crippen MR) is 128 cm³/mol. The highest BCUT2D eigenvalue weighted by molar-refractivity contribution is 6.21. The number of benzene rings is 3. The van der Waals surface area contributed by atoms with Crippen molar-refractivity contribution in [3.8, 4) is 5.75 Å². The summed E-state index contributed by atoms with van der Waals surface area (Å²) >= 11 is 0. The highest BCUT2D eigenvalue weighted by Gasteiger charge is 2.19. The third-order valence-electron chi connectivity index (χ3n) is 5.73. The van der Waals surface area contributed by atoms with Gasteiger partial charge in [-0.1, -0.05) is 0 Å². The average molecular weight is 444 g/mol. The molecule has 168 valence electrons. The van der Waals surface area contributed by atoms with Crippen LogP contribution < -0.4 is 4.74 Å². The zero-order valence-corrected chi connectivity index (χ0v) is 18.7. The van der Waals surface area contributed by atoms with Crippen molar-refractivity contribution >= 4 is 55.6 Å². The Labute approximate surface area is 189 Å². The number of carbonyl (C=O) groups is 2. The van der Waals surface area contributed by atoms with Crippen LogP contribution in [-0.2, 0) is 9.47 Å². The van der Waals surface area contributed by atoms with Crippen molar-refractivity contribution in [3.05, 3.63) is 53.6 Å². The fourth-order valence-electron chi connectivity index (χ4n) is 4.32. The molecule has 5 aromatic rings. The average Bonchev–Trinajstić information content (AvgIpc) is 3.37. The van der Waals surface area contributed by atoms with Gasteiger partial charge < -0.3 is 24.2 Å². The van der Waals surface area contributed by atoms with E-state index in [9.17, 15) is 9.59 Å². The Morgan fingerprint density at radius 2 is 1.15 bits per heavy atom. The van der Waals surface area contributed by atoms with Gasteiger partial charge in [0.15, 0.2) is 5.75 Å². The lowest BCUT2D eigenvalue weighted by Crippen LogP contribution is -2.04. The molecule has 33 heavy (non-hydrogen) atoms. The van der Waals surface area contributed by atoms with E-state index in [-0.39, 0.29) is 11.9 Å². The molecule has 0 unspecified atom stereocenters. The van der Waals surface area contributed by atoms with Crippen LogP contribution in [0.15, 0.2) is 42.5 Å². The van der Waals surface area contributed by atoms with Gasteiger partial charge in [-0.25, -0.2) is 9.59 Å². The van der Waals surface area contributed by atoms with E-state index in [1.807, 2.05) is 31.2 Å². The van der Waals surface area contributed by atoms with E-state index < -0.39 is 0 Å². The summed E-state index contributed by atoms with van der Waals surface area (Å²) < 4.78 is 16.4. The lowest BCUT2D eigenvalue weighted by molar-refractivity contribution is 0.0517. The molecule has 2 aromatic heterocycles. The number of hydrogen-bond acceptors (Lipinski definition) is 5. The molecule has 0 bridgehead atoms. The minimum Gasteiger partial charge on any atom is -0.489 e. The highest BCUT2D eigenvalue weighted by Crippen LogP contribution is 2.41. The Morgan fingerprint density at radius 3 is 1.58 bits per heavy atom. The Balaban J connectivity index is 1.81. The molecule has 5 rings (SSSR count). The standard InChI is InChI=1S/C26H24N2O5/c1-4-31-24-22-18(16-11-14(25(29)32-5-2)7-9-20(16)27-22)13-19-17-12-15(26(30)33-6-3)8-10-21(17)28-23(19)24/h7-13,27-28H,4-6H2,1-3H3. The SMILES string of the molecule is CCOC(=O)c1ccc2[nH]c3c(OCC)c4[nH]c5ccc(C(=O)OCC)cc5c4cc3c2c1. The van der Waals surface area contributed by atoms with Crippen LogP contribution in [-0.4, -0.2) is 41.7 Å². The monoisotopic (exact) mass is 444 g/mol. The quantitative estimate of drug-likeness (QED) is 0.327. The van der Waals surface area contributed by atoms with Crippen LogP contribution in [0.4, 0.5) is 0 Å². The van der Waals surface area contributed by atoms with Crippen molar-refractivity contribution in [3.63, 3.8) is 0 Å². The molecule has 0 aliphatic rings. The topological polar surface area (TPSA) is 93.4 Å². The molecule has 0 spiro atoms. The number of rotatable bonds is 6. The molecular weight excluding hydrogens is 420 g/mol. The molecule has 3 aromatic carbocycles. The van der Waals surface area contributed by atoms with Crippen molar-refractivity contribution < 1.29 is 23.8 Å². The molecular formula is C26H24N2O5. The number of fused-ring (bicyclic) bond motifs is 6. The van der Waals surface area contributed by atoms with Gasteiger partial charge >= 0.3 is 11.9 Å². The first-order valence-corrected chi connectivity index (χ1v) is 11.1. The van der Waals surface area contributed by atoms with Crippen LogP contribution in [0.1, 0.15) is 41.5 Å². The minimum atomic E-state index is -0.356. The summed E-state index contributed by atoms with van der Waals surface area (Å²) in [6, 6.07) is 13.0. The van der Waals surface area contributed by atoms with Gasteiger partial charge in [0.05, 0.1) is 42.0 Å². The summed E-state index contributed by atoms with van der Waals surface area (Å²) in [6.45, 7) is 6.63. The van der Waals surface area contributed by atoms with Gasteiger partial charge in [-0.15, -0.1) is 0 Å². The Bertz CT molecular complexity index is 1430. The summed E-state index contributed by atoms with van der Waals surface area (Å²) in [5.74, 6) is -0.00941. The molecule has 0 radical (unpaired) electrons. The molecule has 7 nitrogen and oxygen atoms in total. The smallest absolute Gasteiger partial charge is 0.338 e. The van der Waals surface area contributed by atoms with E-state index >= 15 is 0 Å². The molecule has 0 saturated carbocycles. The van der Waals surface area contributed by atoms with E-state index in [1.54, 1.807) is 26.0 Å². The lowest BCUT2D eigenvalue weighted by Gasteiger charge is -2.07. The van der Waals surface area contributed by atoms with E-state index in [2.05, 4.69) is 16.0 Å². The first kappa shape index (κ1) is 20.9. The minimum absolute atomic E-state index is 0.317. The van der Waals surface area contributed by atoms with Crippen molar-refractivity contribution in [2.45, 2.75) is 20.8 Å². The number of aromatic nitrogens is 2. The van der Waals surface area contributed by atoms with Crippen LogP contribution in [0.25, 0.3) is 43.6 Å². The Hall–Kier alpha value is -4.00. The number of hydrogen-bond donors (Lipinski definition) is 2. The lowest BCUT2D eigenvalue weighted by atomic mass is 10.0. The van der Waals surface area contributed by atoms with E-state index in [1.165, 1.54) is 0 Å². The number of ether oxygens (including phenoxy) is 3. The molecule has 7 heteroatoms. The maximum atomic E-state index is 12.3. The van der Waals surface area contributed by atoms with Crippen molar-refractivity contribution in [1.82, 2.24) is 9.97 Å². The molecule has 0 fully saturated rings. The number of nitrogens with one attached hydrogen (secondary N) is 2. The summed E-state index contributed by atoms with van der Waals surface area (Å²) in [5, 5.41) is 3.65. The second kappa shape index (κ2) is 8.16. The molecule has 0 aliphatic carbocycles. The Kier molecular flexibility index (Phi) is 5.17. The largest absolute Gasteiger partial charge is 0.489 e. The molecule has 0 amide bonds. The van der Waals surface area contributed by atoms with Crippen molar-refractivity contribution in [1.29, 1.82) is 0 Å². The van der Waals surface area contributed by atoms with Crippen LogP contribution in [0.2, 0.25) is 0 Å². The van der Waals surface area contributed by atoms with Gasteiger partial charge in [-0.05, 0) is 63.2 Å². The molecule has 2 heterocycles. The molecule has 0 atom stereocenters. The second-order valence-electron chi connectivity index (χ2n) is 7.70. The van der Waals surface area contributed by atoms with E-state index in [0.29, 0.717) is 36.7 Å². The Morgan fingerprint density at radius 1 is 0.667 bits per heavy atom. The third kappa shape index (κ3) is 3.36. The fraction of sp³-hybridized carbons (Fsp3) is 0.231.